The highest BCUT2D eigenvalue weighted by atomic mass is 16.5. The molecule has 104 valence electrons. The summed E-state index contributed by atoms with van der Waals surface area (Å²) in [6, 6.07) is 7.25. The number of hydrogen-bond acceptors (Lipinski definition) is 3. The largest absolute Gasteiger partial charge is 0.491 e. The first-order valence-corrected chi connectivity index (χ1v) is 6.81. The third kappa shape index (κ3) is 4.24. The average Bonchev–Trinajstić information content (AvgIpc) is 2.88. The molecule has 1 aliphatic heterocycles. The molecular weight excluding hydrogens is 242 g/mol. The second-order valence-corrected chi connectivity index (χ2v) is 5.04. The number of benzene rings is 1. The number of rotatable bonds is 5. The second-order valence-electron chi connectivity index (χ2n) is 5.04. The Balaban J connectivity index is 1.90. The molecule has 1 aromatic rings. The zero-order valence-electron chi connectivity index (χ0n) is 11.5. The van der Waals surface area contributed by atoms with Crippen LogP contribution in [0.2, 0.25) is 0 Å². The lowest BCUT2D eigenvalue weighted by Gasteiger charge is -2.12. The van der Waals surface area contributed by atoms with Crippen LogP contribution in [0.3, 0.4) is 0 Å². The Morgan fingerprint density at radius 1 is 1.53 bits per heavy atom. The van der Waals surface area contributed by atoms with Gasteiger partial charge in [-0.15, -0.1) is 0 Å². The molecular formula is C15H21NO3. The highest BCUT2D eigenvalue weighted by Crippen LogP contribution is 2.15. The summed E-state index contributed by atoms with van der Waals surface area (Å²) >= 11 is 0. The van der Waals surface area contributed by atoms with Crippen molar-refractivity contribution in [3.05, 3.63) is 29.8 Å². The molecule has 1 aliphatic rings. The van der Waals surface area contributed by atoms with Gasteiger partial charge in [0.1, 0.15) is 5.75 Å². The summed E-state index contributed by atoms with van der Waals surface area (Å²) in [5, 5.41) is 2.90. The van der Waals surface area contributed by atoms with Crippen LogP contribution in [-0.2, 0) is 4.74 Å². The van der Waals surface area contributed by atoms with Crippen LogP contribution in [0.25, 0.3) is 0 Å². The molecule has 0 bridgehead atoms. The fourth-order valence-corrected chi connectivity index (χ4v) is 2.10. The number of nitrogens with one attached hydrogen (secondary N) is 1. The molecule has 1 N–H and O–H groups in total. The summed E-state index contributed by atoms with van der Waals surface area (Å²) in [5.41, 5.74) is 0.621. The van der Waals surface area contributed by atoms with Gasteiger partial charge in [-0.2, -0.15) is 0 Å². The molecule has 4 heteroatoms. The van der Waals surface area contributed by atoms with E-state index in [1.807, 2.05) is 26.0 Å². The summed E-state index contributed by atoms with van der Waals surface area (Å²) in [7, 11) is 0. The molecule has 0 spiro atoms. The van der Waals surface area contributed by atoms with Gasteiger partial charge in [-0.1, -0.05) is 6.07 Å². The number of ether oxygens (including phenoxy) is 2. The van der Waals surface area contributed by atoms with Gasteiger partial charge in [-0.25, -0.2) is 0 Å². The Labute approximate surface area is 114 Å². The van der Waals surface area contributed by atoms with E-state index in [4.69, 9.17) is 9.47 Å². The number of carbonyl (C=O) groups is 1. The zero-order chi connectivity index (χ0) is 13.7. The Bertz CT molecular complexity index is 425. The Hall–Kier alpha value is -1.55. The standard InChI is InChI=1S/C15H21NO3/c1-11(2)19-13-6-3-5-12(9-13)15(17)16-10-14-7-4-8-18-14/h3,5-6,9,11,14H,4,7-8,10H2,1-2H3,(H,16,17)/t14-/m0/s1. The van der Waals surface area contributed by atoms with Crippen molar-refractivity contribution >= 4 is 5.91 Å². The zero-order valence-corrected chi connectivity index (χ0v) is 11.5. The van der Waals surface area contributed by atoms with E-state index in [1.165, 1.54) is 0 Å². The van der Waals surface area contributed by atoms with Crippen LogP contribution in [0, 0.1) is 0 Å². The molecule has 0 saturated carbocycles. The molecule has 0 radical (unpaired) electrons. The minimum Gasteiger partial charge on any atom is -0.491 e. The monoisotopic (exact) mass is 263 g/mol. The minimum atomic E-state index is -0.0790. The van der Waals surface area contributed by atoms with Crippen LogP contribution in [0.4, 0.5) is 0 Å². The summed E-state index contributed by atoms with van der Waals surface area (Å²) in [6.45, 7) is 5.31. The first-order valence-electron chi connectivity index (χ1n) is 6.81. The molecule has 1 saturated heterocycles. The van der Waals surface area contributed by atoms with Gasteiger partial charge in [0.05, 0.1) is 12.2 Å². The molecule has 1 heterocycles. The predicted molar refractivity (Wildman–Crippen MR) is 73.5 cm³/mol. The van der Waals surface area contributed by atoms with Crippen molar-refractivity contribution in [2.45, 2.75) is 38.9 Å². The Morgan fingerprint density at radius 3 is 3.05 bits per heavy atom. The van der Waals surface area contributed by atoms with Crippen LogP contribution in [0.5, 0.6) is 5.75 Å². The second kappa shape index (κ2) is 6.57. The van der Waals surface area contributed by atoms with Crippen LogP contribution >= 0.6 is 0 Å². The van der Waals surface area contributed by atoms with Gasteiger partial charge in [-0.05, 0) is 44.9 Å². The maximum atomic E-state index is 12.0. The van der Waals surface area contributed by atoms with E-state index in [9.17, 15) is 4.79 Å². The summed E-state index contributed by atoms with van der Waals surface area (Å²) in [6.07, 6.45) is 2.37. The van der Waals surface area contributed by atoms with Gasteiger partial charge >= 0.3 is 0 Å². The van der Waals surface area contributed by atoms with E-state index < -0.39 is 0 Å². The lowest BCUT2D eigenvalue weighted by Crippen LogP contribution is -2.31. The van der Waals surface area contributed by atoms with E-state index in [1.54, 1.807) is 12.1 Å². The molecule has 0 aromatic heterocycles. The number of amides is 1. The van der Waals surface area contributed by atoms with Crippen LogP contribution in [0.1, 0.15) is 37.0 Å². The Morgan fingerprint density at radius 2 is 2.37 bits per heavy atom. The maximum absolute atomic E-state index is 12.0. The molecule has 1 fully saturated rings. The molecule has 1 atom stereocenters. The third-order valence-corrected chi connectivity index (χ3v) is 2.98. The first kappa shape index (κ1) is 13.9. The highest BCUT2D eigenvalue weighted by molar-refractivity contribution is 5.94. The molecule has 2 rings (SSSR count). The van der Waals surface area contributed by atoms with E-state index in [2.05, 4.69) is 5.32 Å². The molecule has 19 heavy (non-hydrogen) atoms. The molecule has 1 amide bonds. The van der Waals surface area contributed by atoms with Crippen molar-refractivity contribution in [2.24, 2.45) is 0 Å². The predicted octanol–water partition coefficient (Wildman–Crippen LogP) is 2.38. The molecule has 0 aliphatic carbocycles. The van der Waals surface area contributed by atoms with Crippen molar-refractivity contribution in [1.29, 1.82) is 0 Å². The quantitative estimate of drug-likeness (QED) is 0.887. The van der Waals surface area contributed by atoms with Crippen molar-refractivity contribution < 1.29 is 14.3 Å². The maximum Gasteiger partial charge on any atom is 0.251 e. The van der Waals surface area contributed by atoms with E-state index in [0.717, 1.165) is 25.2 Å². The van der Waals surface area contributed by atoms with Crippen LogP contribution in [-0.4, -0.2) is 31.3 Å². The summed E-state index contributed by atoms with van der Waals surface area (Å²) < 4.78 is 11.1. The molecule has 4 nitrogen and oxygen atoms in total. The topological polar surface area (TPSA) is 47.6 Å². The fraction of sp³-hybridized carbons (Fsp3) is 0.533. The van der Waals surface area contributed by atoms with Gasteiger partial charge in [0.25, 0.3) is 5.91 Å². The SMILES string of the molecule is CC(C)Oc1cccc(C(=O)NC[C@@H]2CCCO2)c1. The summed E-state index contributed by atoms with van der Waals surface area (Å²) in [4.78, 5) is 12.0. The Kier molecular flexibility index (Phi) is 4.80. The van der Waals surface area contributed by atoms with E-state index >= 15 is 0 Å². The van der Waals surface area contributed by atoms with Crippen molar-refractivity contribution in [3.63, 3.8) is 0 Å². The minimum absolute atomic E-state index is 0.0790. The van der Waals surface area contributed by atoms with Gasteiger partial charge in [-0.3, -0.25) is 4.79 Å². The van der Waals surface area contributed by atoms with E-state index in [0.29, 0.717) is 12.1 Å². The smallest absolute Gasteiger partial charge is 0.251 e. The van der Waals surface area contributed by atoms with Crippen LogP contribution < -0.4 is 10.1 Å². The van der Waals surface area contributed by atoms with E-state index in [-0.39, 0.29) is 18.1 Å². The third-order valence-electron chi connectivity index (χ3n) is 2.98. The molecule has 1 aromatic carbocycles. The lowest BCUT2D eigenvalue weighted by molar-refractivity contribution is 0.0857. The average molecular weight is 263 g/mol. The van der Waals surface area contributed by atoms with Crippen LogP contribution in [0.15, 0.2) is 24.3 Å². The highest BCUT2D eigenvalue weighted by Gasteiger charge is 2.16. The van der Waals surface area contributed by atoms with Crippen molar-refractivity contribution in [1.82, 2.24) is 5.32 Å². The normalized spacial score (nSPS) is 18.6. The first-order chi connectivity index (χ1) is 9.15. The van der Waals surface area contributed by atoms with Gasteiger partial charge in [0.15, 0.2) is 0 Å². The van der Waals surface area contributed by atoms with Gasteiger partial charge in [0.2, 0.25) is 0 Å². The van der Waals surface area contributed by atoms with Crippen molar-refractivity contribution in [3.8, 4) is 5.75 Å². The number of carbonyl (C=O) groups excluding carboxylic acids is 1. The fourth-order valence-electron chi connectivity index (χ4n) is 2.10. The number of hydrogen-bond donors (Lipinski definition) is 1. The molecule has 0 unspecified atom stereocenters. The van der Waals surface area contributed by atoms with Crippen molar-refractivity contribution in [2.75, 3.05) is 13.2 Å². The lowest BCUT2D eigenvalue weighted by atomic mass is 10.2. The summed E-state index contributed by atoms with van der Waals surface area (Å²) in [5.74, 6) is 0.643. The van der Waals surface area contributed by atoms with Gasteiger partial charge in [0, 0.05) is 18.7 Å². The van der Waals surface area contributed by atoms with Gasteiger partial charge < -0.3 is 14.8 Å².